The Kier molecular flexibility index (Phi) is 8.21. The van der Waals surface area contributed by atoms with Gasteiger partial charge in [-0.05, 0) is 48.6 Å². The zero-order chi connectivity index (χ0) is 25.5. The molecule has 3 heterocycles. The SMILES string of the molecule is O=C(Cn1nc(-c2ccncc2)nc1SCC(=O)Nc1nccs1)Nc1ccc(C2CCCCC2)cc1. The summed E-state index contributed by atoms with van der Waals surface area (Å²) in [5.74, 6) is 0.772. The number of nitrogens with one attached hydrogen (secondary N) is 2. The van der Waals surface area contributed by atoms with Gasteiger partial charge in [-0.3, -0.25) is 14.6 Å². The summed E-state index contributed by atoms with van der Waals surface area (Å²) in [6.07, 6.45) is 11.3. The molecule has 0 spiro atoms. The van der Waals surface area contributed by atoms with Crippen molar-refractivity contribution in [2.45, 2.75) is 49.7 Å². The van der Waals surface area contributed by atoms with Gasteiger partial charge in [0.25, 0.3) is 0 Å². The van der Waals surface area contributed by atoms with Gasteiger partial charge in [-0.1, -0.05) is 43.2 Å². The fourth-order valence-electron chi connectivity index (χ4n) is 4.34. The third-order valence-electron chi connectivity index (χ3n) is 6.15. The zero-order valence-corrected chi connectivity index (χ0v) is 21.8. The molecular weight excluding hydrogens is 506 g/mol. The largest absolute Gasteiger partial charge is 0.324 e. The van der Waals surface area contributed by atoms with Crippen molar-refractivity contribution in [1.29, 1.82) is 0 Å². The Labute approximate surface area is 223 Å². The van der Waals surface area contributed by atoms with Crippen molar-refractivity contribution in [1.82, 2.24) is 24.7 Å². The summed E-state index contributed by atoms with van der Waals surface area (Å²) >= 11 is 2.57. The smallest absolute Gasteiger partial charge is 0.246 e. The topological polar surface area (TPSA) is 115 Å². The van der Waals surface area contributed by atoms with E-state index in [9.17, 15) is 9.59 Å². The van der Waals surface area contributed by atoms with Crippen LogP contribution in [0.1, 0.15) is 43.6 Å². The molecule has 1 aromatic carbocycles. The van der Waals surface area contributed by atoms with Crippen molar-refractivity contribution < 1.29 is 9.59 Å². The summed E-state index contributed by atoms with van der Waals surface area (Å²) < 4.78 is 1.53. The van der Waals surface area contributed by atoms with Crippen LogP contribution >= 0.6 is 23.1 Å². The predicted octanol–water partition coefficient (Wildman–Crippen LogP) is 5.21. The number of pyridine rings is 1. The molecule has 190 valence electrons. The minimum Gasteiger partial charge on any atom is -0.324 e. The normalized spacial score (nSPS) is 13.8. The number of carbonyl (C=O) groups excluding carboxylic acids is 2. The summed E-state index contributed by atoms with van der Waals surface area (Å²) in [7, 11) is 0. The summed E-state index contributed by atoms with van der Waals surface area (Å²) in [6.45, 7) is -0.0289. The second-order valence-corrected chi connectivity index (χ2v) is 10.6. The van der Waals surface area contributed by atoms with Crippen molar-refractivity contribution in [3.63, 3.8) is 0 Å². The Morgan fingerprint density at radius 1 is 0.973 bits per heavy atom. The van der Waals surface area contributed by atoms with Gasteiger partial charge in [-0.2, -0.15) is 0 Å². The summed E-state index contributed by atoms with van der Waals surface area (Å²) in [5.41, 5.74) is 2.86. The Balaban J connectivity index is 1.25. The molecule has 0 atom stereocenters. The van der Waals surface area contributed by atoms with E-state index >= 15 is 0 Å². The number of thiazole rings is 1. The Hall–Kier alpha value is -3.57. The van der Waals surface area contributed by atoms with Gasteiger partial charge in [0.1, 0.15) is 6.54 Å². The highest BCUT2D eigenvalue weighted by Crippen LogP contribution is 2.33. The molecule has 11 heteroatoms. The van der Waals surface area contributed by atoms with Gasteiger partial charge in [0.05, 0.1) is 5.75 Å². The fourth-order valence-corrected chi connectivity index (χ4v) is 5.63. The monoisotopic (exact) mass is 533 g/mol. The number of nitrogens with zero attached hydrogens (tertiary/aromatic N) is 5. The molecule has 0 radical (unpaired) electrons. The molecule has 2 amide bonds. The first kappa shape index (κ1) is 25.1. The van der Waals surface area contributed by atoms with Gasteiger partial charge < -0.3 is 10.6 Å². The molecule has 1 fully saturated rings. The van der Waals surface area contributed by atoms with E-state index in [1.807, 2.05) is 12.1 Å². The Morgan fingerprint density at radius 3 is 2.49 bits per heavy atom. The molecule has 0 saturated heterocycles. The quantitative estimate of drug-likeness (QED) is 0.284. The minimum atomic E-state index is -0.217. The number of anilines is 2. The van der Waals surface area contributed by atoms with E-state index in [4.69, 9.17) is 0 Å². The zero-order valence-electron chi connectivity index (χ0n) is 20.2. The van der Waals surface area contributed by atoms with Crippen LogP contribution in [0.25, 0.3) is 11.4 Å². The van der Waals surface area contributed by atoms with Crippen molar-refractivity contribution >= 4 is 45.7 Å². The molecule has 0 aliphatic heterocycles. The second-order valence-electron chi connectivity index (χ2n) is 8.79. The van der Waals surface area contributed by atoms with Crippen LogP contribution in [0.4, 0.5) is 10.8 Å². The van der Waals surface area contributed by atoms with E-state index in [-0.39, 0.29) is 24.1 Å². The van der Waals surface area contributed by atoms with Gasteiger partial charge in [0.15, 0.2) is 16.1 Å². The van der Waals surface area contributed by atoms with Crippen molar-refractivity contribution in [3.8, 4) is 11.4 Å². The van der Waals surface area contributed by atoms with Crippen LogP contribution in [-0.2, 0) is 16.1 Å². The number of aromatic nitrogens is 5. The maximum absolute atomic E-state index is 12.9. The fraction of sp³-hybridized carbons (Fsp3) is 0.308. The molecule has 4 aromatic rings. The van der Waals surface area contributed by atoms with Gasteiger partial charge in [-0.15, -0.1) is 16.4 Å². The second kappa shape index (κ2) is 12.1. The molecule has 37 heavy (non-hydrogen) atoms. The number of benzene rings is 1. The first-order valence-corrected chi connectivity index (χ1v) is 14.1. The van der Waals surface area contributed by atoms with E-state index in [0.29, 0.717) is 22.0 Å². The van der Waals surface area contributed by atoms with Crippen LogP contribution in [-0.4, -0.2) is 42.3 Å². The average Bonchev–Trinajstić information content (AvgIpc) is 3.59. The number of rotatable bonds is 9. The number of amides is 2. The third-order valence-corrected chi connectivity index (χ3v) is 7.81. The van der Waals surface area contributed by atoms with E-state index in [1.54, 1.807) is 36.1 Å². The molecule has 1 saturated carbocycles. The molecule has 1 aliphatic rings. The van der Waals surface area contributed by atoms with Gasteiger partial charge in [-0.25, -0.2) is 14.6 Å². The minimum absolute atomic E-state index is 0.0289. The summed E-state index contributed by atoms with van der Waals surface area (Å²) in [5, 5.41) is 13.1. The number of carbonyl (C=O) groups is 2. The molecular formula is C26H27N7O2S2. The lowest BCUT2D eigenvalue weighted by atomic mass is 9.84. The summed E-state index contributed by atoms with van der Waals surface area (Å²) in [6, 6.07) is 11.8. The van der Waals surface area contributed by atoms with Crippen LogP contribution in [0.2, 0.25) is 0 Å². The van der Waals surface area contributed by atoms with Crippen molar-refractivity contribution in [2.24, 2.45) is 0 Å². The predicted molar refractivity (Wildman–Crippen MR) is 146 cm³/mol. The lowest BCUT2D eigenvalue weighted by molar-refractivity contribution is -0.117. The molecule has 0 bridgehead atoms. The summed E-state index contributed by atoms with van der Waals surface area (Å²) in [4.78, 5) is 38.0. The molecule has 5 rings (SSSR count). The highest BCUT2D eigenvalue weighted by Gasteiger charge is 2.18. The third kappa shape index (κ3) is 6.80. The lowest BCUT2D eigenvalue weighted by Crippen LogP contribution is -2.21. The number of hydrogen-bond donors (Lipinski definition) is 2. The van der Waals surface area contributed by atoms with Gasteiger partial charge in [0.2, 0.25) is 11.8 Å². The van der Waals surface area contributed by atoms with Crippen molar-refractivity contribution in [2.75, 3.05) is 16.4 Å². The molecule has 3 aromatic heterocycles. The van der Waals surface area contributed by atoms with E-state index in [2.05, 4.69) is 42.8 Å². The van der Waals surface area contributed by atoms with Gasteiger partial charge in [0, 0.05) is 35.2 Å². The number of thioether (sulfide) groups is 1. The van der Waals surface area contributed by atoms with Gasteiger partial charge >= 0.3 is 0 Å². The van der Waals surface area contributed by atoms with Crippen molar-refractivity contribution in [3.05, 3.63) is 65.9 Å². The van der Waals surface area contributed by atoms with E-state index in [1.165, 1.54) is 65.4 Å². The van der Waals surface area contributed by atoms with E-state index < -0.39 is 0 Å². The van der Waals surface area contributed by atoms with E-state index in [0.717, 1.165) is 11.3 Å². The highest BCUT2D eigenvalue weighted by molar-refractivity contribution is 7.99. The maximum atomic E-state index is 12.9. The Morgan fingerprint density at radius 2 is 1.76 bits per heavy atom. The van der Waals surface area contributed by atoms with Crippen LogP contribution in [0.15, 0.2) is 65.5 Å². The first-order valence-electron chi connectivity index (χ1n) is 12.2. The lowest BCUT2D eigenvalue weighted by Gasteiger charge is -2.22. The van der Waals surface area contributed by atoms with Crippen LogP contribution in [0.5, 0.6) is 0 Å². The Bertz CT molecular complexity index is 1320. The molecule has 1 aliphatic carbocycles. The highest BCUT2D eigenvalue weighted by atomic mass is 32.2. The maximum Gasteiger partial charge on any atom is 0.246 e. The number of hydrogen-bond acceptors (Lipinski definition) is 8. The van der Waals surface area contributed by atoms with Crippen LogP contribution in [0, 0.1) is 0 Å². The first-order chi connectivity index (χ1) is 18.1. The van der Waals surface area contributed by atoms with Crippen LogP contribution < -0.4 is 10.6 Å². The standard InChI is InChI=1S/C26H27N7O2S2/c34-22(29-21-8-6-19(7-9-21)18-4-2-1-3-5-18)16-33-26(31-24(32-33)20-10-12-27-13-11-20)37-17-23(35)30-25-28-14-15-36-25/h6-15,18H,1-5,16-17H2,(H,29,34)(H,28,30,35). The van der Waals surface area contributed by atoms with Crippen LogP contribution in [0.3, 0.4) is 0 Å². The molecule has 9 nitrogen and oxygen atoms in total. The average molecular weight is 534 g/mol. The molecule has 2 N–H and O–H groups in total. The molecule has 0 unspecified atom stereocenters.